The number of aliphatic hydroxyl groups excluding tert-OH is 1. The third-order valence-corrected chi connectivity index (χ3v) is 6.50. The van der Waals surface area contributed by atoms with Crippen molar-refractivity contribution >= 4 is 11.9 Å². The van der Waals surface area contributed by atoms with Gasteiger partial charge in [-0.15, -0.1) is 0 Å². The van der Waals surface area contributed by atoms with Gasteiger partial charge in [-0.25, -0.2) is 4.79 Å². The minimum atomic E-state index is -1.39. The first kappa shape index (κ1) is 19.1. The molecule has 0 spiro atoms. The van der Waals surface area contributed by atoms with Crippen LogP contribution in [0.15, 0.2) is 22.8 Å². The Morgan fingerprint density at radius 3 is 2.65 bits per heavy atom. The highest BCUT2D eigenvalue weighted by Crippen LogP contribution is 2.53. The van der Waals surface area contributed by atoms with Crippen LogP contribution in [0, 0.1) is 17.8 Å². The van der Waals surface area contributed by atoms with E-state index in [1.807, 2.05) is 6.92 Å². The molecule has 6 nitrogen and oxygen atoms in total. The maximum absolute atomic E-state index is 12.3. The lowest BCUT2D eigenvalue weighted by Gasteiger charge is -2.35. The van der Waals surface area contributed by atoms with Crippen molar-refractivity contribution in [3.63, 3.8) is 0 Å². The fourth-order valence-electron chi connectivity index (χ4n) is 4.70. The second-order valence-corrected chi connectivity index (χ2v) is 8.12. The Labute approximate surface area is 153 Å². The molecule has 6 heteroatoms. The third-order valence-electron chi connectivity index (χ3n) is 6.50. The summed E-state index contributed by atoms with van der Waals surface area (Å²) in [5.74, 6) is -2.03. The first-order chi connectivity index (χ1) is 12.1. The van der Waals surface area contributed by atoms with E-state index >= 15 is 0 Å². The summed E-state index contributed by atoms with van der Waals surface area (Å²) in [6.45, 7) is 8.77. The number of allylic oxidation sites excluding steroid dienone is 1. The first-order valence-electron chi connectivity index (χ1n) is 9.22. The van der Waals surface area contributed by atoms with E-state index in [-0.39, 0.29) is 11.9 Å². The fourth-order valence-corrected chi connectivity index (χ4v) is 4.70. The Balaban J connectivity index is 2.03. The molecular formula is C20H28O6. The number of rotatable bonds is 2. The van der Waals surface area contributed by atoms with Gasteiger partial charge in [0.1, 0.15) is 12.2 Å². The monoisotopic (exact) mass is 364 g/mol. The van der Waals surface area contributed by atoms with Gasteiger partial charge in [0, 0.05) is 23.8 Å². The summed E-state index contributed by atoms with van der Waals surface area (Å²) < 4.78 is 11.4. The van der Waals surface area contributed by atoms with Crippen LogP contribution in [0.25, 0.3) is 0 Å². The summed E-state index contributed by atoms with van der Waals surface area (Å²) in [6, 6.07) is 0. The van der Waals surface area contributed by atoms with Gasteiger partial charge in [0.2, 0.25) is 0 Å². The Morgan fingerprint density at radius 1 is 1.38 bits per heavy atom. The molecule has 2 N–H and O–H groups in total. The summed E-state index contributed by atoms with van der Waals surface area (Å²) in [5, 5.41) is 21.3. The number of ether oxygens (including phenoxy) is 2. The zero-order valence-corrected chi connectivity index (χ0v) is 16.0. The Kier molecular flexibility index (Phi) is 4.78. The van der Waals surface area contributed by atoms with Crippen LogP contribution in [0.3, 0.4) is 0 Å². The molecule has 0 radical (unpaired) electrons. The highest BCUT2D eigenvalue weighted by atomic mass is 16.6. The maximum atomic E-state index is 12.3. The van der Waals surface area contributed by atoms with Crippen LogP contribution in [0.5, 0.6) is 0 Å². The number of aliphatic hydroxyl groups is 2. The molecule has 26 heavy (non-hydrogen) atoms. The zero-order valence-electron chi connectivity index (χ0n) is 16.0. The molecule has 1 heterocycles. The summed E-state index contributed by atoms with van der Waals surface area (Å²) in [6.07, 6.45) is 0.484. The van der Waals surface area contributed by atoms with E-state index in [4.69, 9.17) is 9.47 Å². The topological polar surface area (TPSA) is 93.1 Å². The Hall–Kier alpha value is -1.66. The lowest BCUT2D eigenvalue weighted by Crippen LogP contribution is -2.48. The van der Waals surface area contributed by atoms with Crippen LogP contribution in [-0.4, -0.2) is 46.1 Å². The highest BCUT2D eigenvalue weighted by molar-refractivity contribution is 5.87. The molecule has 0 aromatic heterocycles. The van der Waals surface area contributed by atoms with Gasteiger partial charge in [0.25, 0.3) is 0 Å². The molecule has 7 atom stereocenters. The van der Waals surface area contributed by atoms with E-state index in [1.54, 1.807) is 33.8 Å². The Morgan fingerprint density at radius 2 is 2.04 bits per heavy atom. The predicted molar refractivity (Wildman–Crippen MR) is 93.9 cm³/mol. The molecule has 3 rings (SSSR count). The molecule has 2 fully saturated rings. The number of hydrogen-bond donors (Lipinski definition) is 2. The highest BCUT2D eigenvalue weighted by Gasteiger charge is 2.61. The van der Waals surface area contributed by atoms with E-state index in [1.165, 1.54) is 0 Å². The van der Waals surface area contributed by atoms with Crippen molar-refractivity contribution in [3.8, 4) is 0 Å². The lowest BCUT2D eigenvalue weighted by atomic mass is 9.76. The largest absolute Gasteiger partial charge is 0.461 e. The van der Waals surface area contributed by atoms with Gasteiger partial charge in [0.05, 0.1) is 17.6 Å². The number of esters is 2. The lowest BCUT2D eigenvalue weighted by molar-refractivity contribution is -0.153. The van der Waals surface area contributed by atoms with Gasteiger partial charge in [-0.2, -0.15) is 0 Å². The zero-order chi connectivity index (χ0) is 19.4. The quantitative estimate of drug-likeness (QED) is 0.442. The van der Waals surface area contributed by atoms with Gasteiger partial charge >= 0.3 is 11.9 Å². The summed E-state index contributed by atoms with van der Waals surface area (Å²) >= 11 is 0. The minimum absolute atomic E-state index is 0.340. The Bertz CT molecular complexity index is 688. The number of carbonyl (C=O) groups is 2. The van der Waals surface area contributed by atoms with Crippen molar-refractivity contribution in [2.75, 3.05) is 0 Å². The average molecular weight is 364 g/mol. The summed E-state index contributed by atoms with van der Waals surface area (Å²) in [7, 11) is 0. The van der Waals surface area contributed by atoms with Gasteiger partial charge in [-0.1, -0.05) is 24.1 Å². The second kappa shape index (κ2) is 6.50. The molecule has 1 aliphatic heterocycles. The molecule has 3 aliphatic rings. The molecule has 0 unspecified atom stereocenters. The molecule has 0 amide bonds. The standard InChI is InChI=1S/C20H28O6/c1-6-9(2)18(22)25-13-7-10(3)12-8-14(21)20(5,24)16(12)17-15(13)11(4)19(23)26-17/h6,11,13-17,21,24H,7-8H2,1-5H3/b9-6+/t11-,13-,14-,15+,16-,17-,20-/m0/s1. The smallest absolute Gasteiger partial charge is 0.333 e. The predicted octanol–water partition coefficient (Wildman–Crippen LogP) is 1.89. The van der Waals surface area contributed by atoms with Crippen molar-refractivity contribution in [3.05, 3.63) is 22.8 Å². The summed E-state index contributed by atoms with van der Waals surface area (Å²) in [4.78, 5) is 24.6. The number of fused-ring (bicyclic) bond motifs is 3. The van der Waals surface area contributed by atoms with Gasteiger partial charge < -0.3 is 19.7 Å². The molecule has 144 valence electrons. The average Bonchev–Trinajstić information content (AvgIpc) is 2.94. The van der Waals surface area contributed by atoms with Gasteiger partial charge in [-0.3, -0.25) is 4.79 Å². The van der Waals surface area contributed by atoms with Gasteiger partial charge in [0.15, 0.2) is 0 Å². The SMILES string of the molecule is C/C=C(\C)C(=O)O[C@H]1CC(C)=C2C[C@H](O)[C@](C)(O)[C@@H]2[C@H]2OC(=O)[C@@H](C)[C@@H]21. The van der Waals surface area contributed by atoms with Crippen molar-refractivity contribution in [1.29, 1.82) is 0 Å². The molecule has 1 saturated carbocycles. The van der Waals surface area contributed by atoms with Crippen LogP contribution < -0.4 is 0 Å². The summed E-state index contributed by atoms with van der Waals surface area (Å²) in [5.41, 5.74) is 1.03. The molecule has 0 aromatic carbocycles. The van der Waals surface area contributed by atoms with E-state index in [0.717, 1.165) is 11.1 Å². The van der Waals surface area contributed by atoms with Crippen LogP contribution >= 0.6 is 0 Å². The fraction of sp³-hybridized carbons (Fsp3) is 0.700. The molecule has 0 aromatic rings. The van der Waals surface area contributed by atoms with E-state index < -0.39 is 41.7 Å². The van der Waals surface area contributed by atoms with Crippen LogP contribution in [-0.2, 0) is 19.1 Å². The van der Waals surface area contributed by atoms with Crippen LogP contribution in [0.2, 0.25) is 0 Å². The van der Waals surface area contributed by atoms with Crippen LogP contribution in [0.1, 0.15) is 47.5 Å². The number of carbonyl (C=O) groups excluding carboxylic acids is 2. The van der Waals surface area contributed by atoms with Crippen LogP contribution in [0.4, 0.5) is 0 Å². The van der Waals surface area contributed by atoms with Crippen molar-refractivity contribution in [2.24, 2.45) is 17.8 Å². The minimum Gasteiger partial charge on any atom is -0.461 e. The van der Waals surface area contributed by atoms with Crippen molar-refractivity contribution in [1.82, 2.24) is 0 Å². The van der Waals surface area contributed by atoms with Crippen molar-refractivity contribution in [2.45, 2.75) is 71.4 Å². The van der Waals surface area contributed by atoms with E-state index in [2.05, 4.69) is 0 Å². The first-order valence-corrected chi connectivity index (χ1v) is 9.22. The molecule has 1 saturated heterocycles. The van der Waals surface area contributed by atoms with Crippen molar-refractivity contribution < 1.29 is 29.3 Å². The second-order valence-electron chi connectivity index (χ2n) is 8.12. The molecular weight excluding hydrogens is 336 g/mol. The van der Waals surface area contributed by atoms with E-state index in [9.17, 15) is 19.8 Å². The van der Waals surface area contributed by atoms with E-state index in [0.29, 0.717) is 18.4 Å². The van der Waals surface area contributed by atoms with Gasteiger partial charge in [-0.05, 0) is 34.1 Å². The molecule has 2 aliphatic carbocycles. The number of hydrogen-bond acceptors (Lipinski definition) is 6. The third kappa shape index (κ3) is 2.79. The molecule has 0 bridgehead atoms. The normalized spacial score (nSPS) is 42.9. The maximum Gasteiger partial charge on any atom is 0.333 e.